The van der Waals surface area contributed by atoms with Gasteiger partial charge in [0.15, 0.2) is 8.32 Å². The Balaban J connectivity index is 1.79. The molecule has 1 aliphatic heterocycles. The first-order valence-corrected chi connectivity index (χ1v) is 16.2. The van der Waals surface area contributed by atoms with Crippen LogP contribution in [0.2, 0.25) is 18.1 Å². The lowest BCUT2D eigenvalue weighted by Crippen LogP contribution is -2.65. The van der Waals surface area contributed by atoms with Gasteiger partial charge in [-0.3, -0.25) is 9.59 Å². The summed E-state index contributed by atoms with van der Waals surface area (Å²) in [6, 6.07) is 13.7. The van der Waals surface area contributed by atoms with Crippen LogP contribution >= 0.6 is 24.0 Å². The number of ether oxygens (including phenoxy) is 2. The van der Waals surface area contributed by atoms with Crippen molar-refractivity contribution in [1.29, 1.82) is 0 Å². The highest BCUT2D eigenvalue weighted by atomic mass is 32.2. The van der Waals surface area contributed by atoms with E-state index in [1.165, 1.54) is 22.7 Å². The van der Waals surface area contributed by atoms with Crippen molar-refractivity contribution in [1.82, 2.24) is 4.90 Å². The third kappa shape index (κ3) is 6.37. The van der Waals surface area contributed by atoms with E-state index in [1.54, 1.807) is 0 Å². The van der Waals surface area contributed by atoms with Gasteiger partial charge in [0, 0.05) is 5.39 Å². The normalized spacial score (nSPS) is 18.9. The van der Waals surface area contributed by atoms with Gasteiger partial charge in [-0.2, -0.15) is 0 Å². The van der Waals surface area contributed by atoms with Gasteiger partial charge in [0.1, 0.15) is 24.3 Å². The summed E-state index contributed by atoms with van der Waals surface area (Å²) in [6.07, 6.45) is 1.16. The number of hydrogen-bond acceptors (Lipinski definition) is 7. The van der Waals surface area contributed by atoms with E-state index in [0.29, 0.717) is 5.75 Å². The zero-order chi connectivity index (χ0) is 26.7. The summed E-state index contributed by atoms with van der Waals surface area (Å²) in [7, 11) is -2.12. The molecule has 1 unspecified atom stereocenters. The second kappa shape index (κ2) is 11.5. The van der Waals surface area contributed by atoms with Crippen LogP contribution in [0.3, 0.4) is 0 Å². The Bertz CT molecular complexity index is 1140. The fourth-order valence-corrected chi connectivity index (χ4v) is 6.78. The predicted molar refractivity (Wildman–Crippen MR) is 153 cm³/mol. The Hall–Kier alpha value is -2.20. The molecule has 36 heavy (non-hydrogen) atoms. The molecule has 0 aromatic heterocycles. The fourth-order valence-electron chi connectivity index (χ4n) is 3.84. The summed E-state index contributed by atoms with van der Waals surface area (Å²) < 4.78 is 18.0. The Morgan fingerprint density at radius 1 is 1.22 bits per heavy atom. The van der Waals surface area contributed by atoms with Gasteiger partial charge in [0.25, 0.3) is 0 Å². The Kier molecular flexibility index (Phi) is 9.03. The zero-order valence-corrected chi connectivity index (χ0v) is 24.4. The van der Waals surface area contributed by atoms with Crippen molar-refractivity contribution in [3.05, 3.63) is 55.1 Å². The van der Waals surface area contributed by atoms with Crippen LogP contribution in [-0.2, 0) is 18.8 Å². The molecule has 0 saturated carbocycles. The standard InChI is InChI=1S/C27H35NO5S2Si/c1-8-16-31-22(29)17-28-24(30)23(18(2)33-36(6,7)27(3,4)5)25(28)35-26(34)32-21-15-11-13-19-12-9-10-14-20(19)21/h8-15,18,23,25H,1,16-17H2,2-7H3/t18?,23-,25+/m0/s1. The van der Waals surface area contributed by atoms with Crippen molar-refractivity contribution in [3.63, 3.8) is 0 Å². The maximum atomic E-state index is 13.2. The number of carbonyl (C=O) groups is 2. The van der Waals surface area contributed by atoms with Gasteiger partial charge in [0.05, 0.1) is 12.0 Å². The van der Waals surface area contributed by atoms with Crippen LogP contribution in [-0.4, -0.2) is 54.1 Å². The van der Waals surface area contributed by atoms with Gasteiger partial charge in [-0.05, 0) is 48.7 Å². The number of benzene rings is 2. The summed E-state index contributed by atoms with van der Waals surface area (Å²) in [6.45, 7) is 16.2. The molecule has 1 saturated heterocycles. The van der Waals surface area contributed by atoms with Gasteiger partial charge >= 0.3 is 5.97 Å². The highest BCUT2D eigenvalue weighted by Gasteiger charge is 2.54. The van der Waals surface area contributed by atoms with E-state index in [9.17, 15) is 9.59 Å². The number of esters is 1. The molecule has 0 radical (unpaired) electrons. The Morgan fingerprint density at radius 3 is 2.56 bits per heavy atom. The summed E-state index contributed by atoms with van der Waals surface area (Å²) in [4.78, 5) is 27.0. The lowest BCUT2D eigenvalue weighted by molar-refractivity contribution is -0.163. The lowest BCUT2D eigenvalue weighted by atomic mass is 9.93. The molecule has 1 amide bonds. The largest absolute Gasteiger partial charge is 0.460 e. The minimum absolute atomic E-state index is 0.00233. The molecule has 1 aliphatic rings. The number of likely N-dealkylation sites (tertiary alicyclic amines) is 1. The van der Waals surface area contributed by atoms with Gasteiger partial charge in [-0.1, -0.05) is 81.6 Å². The van der Waals surface area contributed by atoms with Crippen LogP contribution in [0.1, 0.15) is 27.7 Å². The first kappa shape index (κ1) is 28.4. The number of thioether (sulfide) groups is 1. The van der Waals surface area contributed by atoms with E-state index < -0.39 is 25.6 Å². The highest BCUT2D eigenvalue weighted by molar-refractivity contribution is 8.23. The molecule has 6 nitrogen and oxygen atoms in total. The average Bonchev–Trinajstić information content (AvgIpc) is 2.80. The summed E-state index contributed by atoms with van der Waals surface area (Å²) in [5.74, 6) is -0.450. The molecule has 194 valence electrons. The van der Waals surface area contributed by atoms with Crippen molar-refractivity contribution in [2.24, 2.45) is 5.92 Å². The third-order valence-corrected chi connectivity index (χ3v) is 12.8. The molecule has 1 fully saturated rings. The number of amides is 1. The number of rotatable bonds is 9. The number of β-lactam (4-membered cyclic amide) rings is 1. The van der Waals surface area contributed by atoms with E-state index in [2.05, 4.69) is 40.4 Å². The summed E-state index contributed by atoms with van der Waals surface area (Å²) in [5.41, 5.74) is 0. The Morgan fingerprint density at radius 2 is 1.89 bits per heavy atom. The number of nitrogens with zero attached hydrogens (tertiary/aromatic N) is 1. The molecule has 0 aliphatic carbocycles. The van der Waals surface area contributed by atoms with Crippen LogP contribution in [0.5, 0.6) is 5.75 Å². The first-order valence-electron chi connectivity index (χ1n) is 12.0. The smallest absolute Gasteiger partial charge is 0.325 e. The number of thiocarbonyl (C=S) groups is 1. The molecular formula is C27H35NO5S2Si. The van der Waals surface area contributed by atoms with Crippen LogP contribution in [0, 0.1) is 5.92 Å². The fraction of sp³-hybridized carbons (Fsp3) is 0.444. The molecule has 1 heterocycles. The SMILES string of the molecule is C=CCOC(=O)CN1C(=O)[C@H](C(C)O[Si](C)(C)C(C)(C)C)[C@H]1SC(=S)Oc1cccc2ccccc12. The van der Waals surface area contributed by atoms with Gasteiger partial charge < -0.3 is 18.8 Å². The third-order valence-electron chi connectivity index (χ3n) is 6.80. The van der Waals surface area contributed by atoms with E-state index >= 15 is 0 Å². The van der Waals surface area contributed by atoms with Crippen molar-refractivity contribution in [2.45, 2.75) is 57.3 Å². The molecule has 0 bridgehead atoms. The van der Waals surface area contributed by atoms with Gasteiger partial charge in [0.2, 0.25) is 10.3 Å². The quantitative estimate of drug-likeness (QED) is 0.123. The lowest BCUT2D eigenvalue weighted by Gasteiger charge is -2.50. The zero-order valence-electron chi connectivity index (χ0n) is 21.8. The van der Waals surface area contributed by atoms with E-state index in [1.807, 2.05) is 49.4 Å². The molecule has 3 atom stereocenters. The minimum atomic E-state index is -2.12. The van der Waals surface area contributed by atoms with Crippen LogP contribution in [0.15, 0.2) is 55.1 Å². The predicted octanol–water partition coefficient (Wildman–Crippen LogP) is 6.16. The van der Waals surface area contributed by atoms with Crippen molar-refractivity contribution >= 4 is 59.3 Å². The van der Waals surface area contributed by atoms with Crippen molar-refractivity contribution in [2.75, 3.05) is 13.2 Å². The van der Waals surface area contributed by atoms with Crippen LogP contribution in [0.25, 0.3) is 10.8 Å². The monoisotopic (exact) mass is 545 g/mol. The maximum Gasteiger partial charge on any atom is 0.325 e. The summed E-state index contributed by atoms with van der Waals surface area (Å²) in [5, 5.41) is 1.58. The number of hydrogen-bond donors (Lipinski definition) is 0. The average molecular weight is 546 g/mol. The molecule has 2 aromatic rings. The molecule has 3 rings (SSSR count). The highest BCUT2D eigenvalue weighted by Crippen LogP contribution is 2.43. The maximum absolute atomic E-state index is 13.2. The minimum Gasteiger partial charge on any atom is -0.460 e. The first-order chi connectivity index (χ1) is 16.9. The van der Waals surface area contributed by atoms with Gasteiger partial charge in [-0.15, -0.1) is 0 Å². The van der Waals surface area contributed by atoms with E-state index in [4.69, 9.17) is 26.1 Å². The van der Waals surface area contributed by atoms with Crippen molar-refractivity contribution < 1.29 is 23.5 Å². The Labute approximate surface area is 224 Å². The van der Waals surface area contributed by atoms with Crippen LogP contribution in [0.4, 0.5) is 0 Å². The van der Waals surface area contributed by atoms with Crippen molar-refractivity contribution in [3.8, 4) is 5.75 Å². The van der Waals surface area contributed by atoms with Crippen LogP contribution < -0.4 is 4.74 Å². The molecule has 2 aromatic carbocycles. The molecule has 0 N–H and O–H groups in total. The molecule has 0 spiro atoms. The molecular weight excluding hydrogens is 511 g/mol. The number of fused-ring (bicyclic) bond motifs is 1. The van der Waals surface area contributed by atoms with E-state index in [-0.39, 0.29) is 34.6 Å². The number of carbonyl (C=O) groups excluding carboxylic acids is 2. The topological polar surface area (TPSA) is 65.1 Å². The molecule has 9 heteroatoms. The second-order valence-corrected chi connectivity index (χ2v) is 16.9. The second-order valence-electron chi connectivity index (χ2n) is 10.4. The summed E-state index contributed by atoms with van der Waals surface area (Å²) >= 11 is 6.86. The van der Waals surface area contributed by atoms with Gasteiger partial charge in [-0.25, -0.2) is 0 Å². The van der Waals surface area contributed by atoms with E-state index in [0.717, 1.165) is 10.8 Å².